The molecule has 2 aromatic carbocycles. The molecule has 0 radical (unpaired) electrons. The first-order valence-corrected chi connectivity index (χ1v) is 6.46. The molecular weight excluding hydrogens is 270 g/mol. The van der Waals surface area contributed by atoms with E-state index in [-0.39, 0.29) is 11.3 Å². The van der Waals surface area contributed by atoms with Crippen LogP contribution in [0.2, 0.25) is 0 Å². The van der Waals surface area contributed by atoms with E-state index in [4.69, 9.17) is 9.84 Å². The zero-order valence-electron chi connectivity index (χ0n) is 11.9. The maximum absolute atomic E-state index is 11.1. The number of rotatable bonds is 5. The smallest absolute Gasteiger partial charge is 0.336 e. The molecule has 0 aromatic heterocycles. The van der Waals surface area contributed by atoms with E-state index in [9.17, 15) is 9.90 Å². The fourth-order valence-corrected chi connectivity index (χ4v) is 2.12. The van der Waals surface area contributed by atoms with Crippen LogP contribution in [0.1, 0.15) is 21.5 Å². The third kappa shape index (κ3) is 3.08. The van der Waals surface area contributed by atoms with E-state index in [1.165, 1.54) is 7.11 Å². The van der Waals surface area contributed by atoms with Gasteiger partial charge in [-0.1, -0.05) is 18.2 Å². The van der Waals surface area contributed by atoms with Crippen LogP contribution in [0.4, 0.5) is 5.69 Å². The summed E-state index contributed by atoms with van der Waals surface area (Å²) in [5.41, 5.74) is 2.31. The van der Waals surface area contributed by atoms with Crippen molar-refractivity contribution in [3.63, 3.8) is 0 Å². The van der Waals surface area contributed by atoms with Gasteiger partial charge in [-0.05, 0) is 30.7 Å². The average Bonchev–Trinajstić information content (AvgIpc) is 2.47. The summed E-state index contributed by atoms with van der Waals surface area (Å²) in [6.45, 7) is 2.12. The molecule has 2 rings (SSSR count). The zero-order valence-corrected chi connectivity index (χ0v) is 11.9. The van der Waals surface area contributed by atoms with Crippen LogP contribution in [0.5, 0.6) is 11.5 Å². The first kappa shape index (κ1) is 14.7. The van der Waals surface area contributed by atoms with Crippen LogP contribution < -0.4 is 10.1 Å². The third-order valence-electron chi connectivity index (χ3n) is 3.34. The number of phenols is 1. The van der Waals surface area contributed by atoms with Crippen molar-refractivity contribution in [1.82, 2.24) is 0 Å². The Morgan fingerprint density at radius 3 is 2.62 bits per heavy atom. The number of aromatic hydroxyl groups is 1. The first-order chi connectivity index (χ1) is 10.0. The zero-order chi connectivity index (χ0) is 15.4. The number of para-hydroxylation sites is 1. The molecule has 0 aliphatic carbocycles. The Hall–Kier alpha value is -2.69. The van der Waals surface area contributed by atoms with Gasteiger partial charge in [0.05, 0.1) is 12.7 Å². The number of carbonyl (C=O) groups is 1. The minimum Gasteiger partial charge on any atom is -0.504 e. The highest BCUT2D eigenvalue weighted by molar-refractivity contribution is 5.91. The molecule has 21 heavy (non-hydrogen) atoms. The number of methoxy groups -OCH3 is 1. The molecule has 0 heterocycles. The number of benzene rings is 2. The van der Waals surface area contributed by atoms with Crippen molar-refractivity contribution in [2.24, 2.45) is 0 Å². The predicted octanol–water partition coefficient (Wildman–Crippen LogP) is 3.02. The Kier molecular flexibility index (Phi) is 4.33. The van der Waals surface area contributed by atoms with E-state index < -0.39 is 5.97 Å². The molecular formula is C16H17NO4. The number of nitrogens with one attached hydrogen (secondary N) is 1. The lowest BCUT2D eigenvalue weighted by Crippen LogP contribution is -2.06. The number of anilines is 1. The molecule has 2 aromatic rings. The lowest BCUT2D eigenvalue weighted by Gasteiger charge is -2.13. The molecule has 3 N–H and O–H groups in total. The third-order valence-corrected chi connectivity index (χ3v) is 3.34. The highest BCUT2D eigenvalue weighted by atomic mass is 16.5. The van der Waals surface area contributed by atoms with Gasteiger partial charge in [0.1, 0.15) is 0 Å². The standard InChI is InChI=1S/C16H17NO4/c1-10-12(16(19)20)6-4-7-13(10)17-9-11-5-3-8-14(21-2)15(11)18/h3-8,17-18H,9H2,1-2H3,(H,19,20). The highest BCUT2D eigenvalue weighted by Crippen LogP contribution is 2.30. The van der Waals surface area contributed by atoms with Gasteiger partial charge in [-0.15, -0.1) is 0 Å². The SMILES string of the molecule is COc1cccc(CNc2cccc(C(=O)O)c2C)c1O. The second kappa shape index (κ2) is 6.17. The molecule has 0 aliphatic rings. The summed E-state index contributed by atoms with van der Waals surface area (Å²) < 4.78 is 5.06. The van der Waals surface area contributed by atoms with E-state index in [1.807, 2.05) is 0 Å². The van der Waals surface area contributed by atoms with Gasteiger partial charge in [0.25, 0.3) is 0 Å². The Morgan fingerprint density at radius 1 is 1.24 bits per heavy atom. The van der Waals surface area contributed by atoms with Crippen molar-refractivity contribution in [2.45, 2.75) is 13.5 Å². The molecule has 0 bridgehead atoms. The van der Waals surface area contributed by atoms with Crippen molar-refractivity contribution in [1.29, 1.82) is 0 Å². The van der Waals surface area contributed by atoms with Gasteiger partial charge >= 0.3 is 5.97 Å². The van der Waals surface area contributed by atoms with Crippen molar-refractivity contribution >= 4 is 11.7 Å². The van der Waals surface area contributed by atoms with Crippen LogP contribution in [-0.2, 0) is 6.54 Å². The molecule has 110 valence electrons. The molecule has 0 saturated heterocycles. The maximum atomic E-state index is 11.1. The van der Waals surface area contributed by atoms with E-state index in [0.717, 1.165) is 5.69 Å². The topological polar surface area (TPSA) is 78.8 Å². The van der Waals surface area contributed by atoms with E-state index in [2.05, 4.69) is 5.32 Å². The summed E-state index contributed by atoms with van der Waals surface area (Å²) in [4.78, 5) is 11.1. The maximum Gasteiger partial charge on any atom is 0.336 e. The van der Waals surface area contributed by atoms with Crippen molar-refractivity contribution < 1.29 is 19.7 Å². The summed E-state index contributed by atoms with van der Waals surface area (Å²) >= 11 is 0. The van der Waals surface area contributed by atoms with E-state index >= 15 is 0 Å². The Morgan fingerprint density at radius 2 is 1.95 bits per heavy atom. The van der Waals surface area contributed by atoms with Crippen LogP contribution in [0.25, 0.3) is 0 Å². The quantitative estimate of drug-likeness (QED) is 0.787. The lowest BCUT2D eigenvalue weighted by atomic mass is 10.1. The number of ether oxygens (including phenoxy) is 1. The van der Waals surface area contributed by atoms with Crippen molar-refractivity contribution in [2.75, 3.05) is 12.4 Å². The van der Waals surface area contributed by atoms with Crippen LogP contribution >= 0.6 is 0 Å². The number of hydrogen-bond donors (Lipinski definition) is 3. The molecule has 5 nitrogen and oxygen atoms in total. The number of aromatic carboxylic acids is 1. The Balaban J connectivity index is 2.21. The summed E-state index contributed by atoms with van der Waals surface area (Å²) in [5, 5.41) is 22.3. The average molecular weight is 287 g/mol. The van der Waals surface area contributed by atoms with Gasteiger partial charge in [0, 0.05) is 17.8 Å². The molecule has 5 heteroatoms. The highest BCUT2D eigenvalue weighted by Gasteiger charge is 2.11. The Labute approximate surface area is 122 Å². The molecule has 0 saturated carbocycles. The number of carboxylic acid groups (broad SMARTS) is 1. The van der Waals surface area contributed by atoms with Crippen LogP contribution in [0, 0.1) is 6.92 Å². The minimum atomic E-state index is -0.958. The monoisotopic (exact) mass is 287 g/mol. The van der Waals surface area contributed by atoms with Gasteiger partial charge < -0.3 is 20.3 Å². The molecule has 0 atom stereocenters. The molecule has 0 aliphatic heterocycles. The number of phenolic OH excluding ortho intramolecular Hbond substituents is 1. The number of hydrogen-bond acceptors (Lipinski definition) is 4. The van der Waals surface area contributed by atoms with Crippen molar-refractivity contribution in [3.8, 4) is 11.5 Å². The van der Waals surface area contributed by atoms with Gasteiger partial charge in [0.15, 0.2) is 11.5 Å². The largest absolute Gasteiger partial charge is 0.504 e. The second-order valence-corrected chi connectivity index (χ2v) is 4.60. The summed E-state index contributed by atoms with van der Waals surface area (Å²) in [6, 6.07) is 10.3. The molecule has 0 amide bonds. The first-order valence-electron chi connectivity index (χ1n) is 6.46. The van der Waals surface area contributed by atoms with Gasteiger partial charge in [-0.2, -0.15) is 0 Å². The van der Waals surface area contributed by atoms with Gasteiger partial charge in [-0.25, -0.2) is 4.79 Å². The van der Waals surface area contributed by atoms with Gasteiger partial charge in [0.2, 0.25) is 0 Å². The lowest BCUT2D eigenvalue weighted by molar-refractivity contribution is 0.0696. The van der Waals surface area contributed by atoms with Crippen LogP contribution in [-0.4, -0.2) is 23.3 Å². The van der Waals surface area contributed by atoms with Gasteiger partial charge in [-0.3, -0.25) is 0 Å². The normalized spacial score (nSPS) is 10.2. The van der Waals surface area contributed by atoms with Crippen LogP contribution in [0.3, 0.4) is 0 Å². The fraction of sp³-hybridized carbons (Fsp3) is 0.188. The van der Waals surface area contributed by atoms with E-state index in [1.54, 1.807) is 43.3 Å². The Bertz CT molecular complexity index is 667. The van der Waals surface area contributed by atoms with E-state index in [0.29, 0.717) is 23.4 Å². The fourth-order valence-electron chi connectivity index (χ4n) is 2.12. The molecule has 0 spiro atoms. The predicted molar refractivity (Wildman–Crippen MR) is 80.1 cm³/mol. The minimum absolute atomic E-state index is 0.0829. The molecule has 0 unspecified atom stereocenters. The van der Waals surface area contributed by atoms with Crippen LogP contribution in [0.15, 0.2) is 36.4 Å². The summed E-state index contributed by atoms with van der Waals surface area (Å²) in [7, 11) is 1.49. The summed E-state index contributed by atoms with van der Waals surface area (Å²) in [5.74, 6) is -0.467. The van der Waals surface area contributed by atoms with Crippen molar-refractivity contribution in [3.05, 3.63) is 53.1 Å². The second-order valence-electron chi connectivity index (χ2n) is 4.60. The summed E-state index contributed by atoms with van der Waals surface area (Å²) in [6.07, 6.45) is 0. The number of carboxylic acids is 1. The molecule has 0 fully saturated rings.